The number of aromatic nitrogens is 1. The SMILES string of the molecule is O=C(O)c1ccc2nc(NCC3CCS(=O)(=O)C3)oc2c1. The van der Waals surface area contributed by atoms with Crippen LogP contribution in [0.2, 0.25) is 0 Å². The van der Waals surface area contributed by atoms with Crippen LogP contribution in [-0.4, -0.2) is 42.5 Å². The molecule has 1 aliphatic rings. The van der Waals surface area contributed by atoms with E-state index in [2.05, 4.69) is 10.3 Å². The van der Waals surface area contributed by atoms with E-state index >= 15 is 0 Å². The molecule has 0 spiro atoms. The summed E-state index contributed by atoms with van der Waals surface area (Å²) in [6.45, 7) is 0.470. The van der Waals surface area contributed by atoms with E-state index in [1.54, 1.807) is 6.07 Å². The highest BCUT2D eigenvalue weighted by atomic mass is 32.2. The Bertz CT molecular complexity index is 796. The first-order valence-electron chi connectivity index (χ1n) is 6.51. The normalized spacial score (nSPS) is 20.7. The molecule has 0 saturated carbocycles. The minimum absolute atomic E-state index is 0.0552. The number of nitrogens with one attached hydrogen (secondary N) is 1. The van der Waals surface area contributed by atoms with Gasteiger partial charge in [-0.15, -0.1) is 0 Å². The van der Waals surface area contributed by atoms with E-state index in [-0.39, 0.29) is 29.0 Å². The Hall–Kier alpha value is -2.09. The van der Waals surface area contributed by atoms with Gasteiger partial charge in [-0.3, -0.25) is 0 Å². The fourth-order valence-electron chi connectivity index (χ4n) is 2.40. The van der Waals surface area contributed by atoms with Gasteiger partial charge in [-0.05, 0) is 30.5 Å². The van der Waals surface area contributed by atoms with E-state index in [0.717, 1.165) is 0 Å². The molecule has 1 saturated heterocycles. The van der Waals surface area contributed by atoms with Gasteiger partial charge in [-0.25, -0.2) is 13.2 Å². The van der Waals surface area contributed by atoms with Gasteiger partial charge in [0.2, 0.25) is 0 Å². The lowest BCUT2D eigenvalue weighted by Crippen LogP contribution is -2.15. The highest BCUT2D eigenvalue weighted by Gasteiger charge is 2.27. The predicted octanol–water partition coefficient (Wildman–Crippen LogP) is 1.37. The molecule has 112 valence electrons. The first kappa shape index (κ1) is 13.9. The van der Waals surface area contributed by atoms with Crippen molar-refractivity contribution in [3.8, 4) is 0 Å². The third kappa shape index (κ3) is 2.99. The number of fused-ring (bicyclic) bond motifs is 1. The van der Waals surface area contributed by atoms with Crippen molar-refractivity contribution in [2.45, 2.75) is 6.42 Å². The summed E-state index contributed by atoms with van der Waals surface area (Å²) >= 11 is 0. The van der Waals surface area contributed by atoms with Gasteiger partial charge in [-0.1, -0.05) is 0 Å². The molecule has 8 heteroatoms. The lowest BCUT2D eigenvalue weighted by Gasteiger charge is -2.06. The second-order valence-corrected chi connectivity index (χ2v) is 7.39. The number of nitrogens with zero attached hydrogens (tertiary/aromatic N) is 1. The standard InChI is InChI=1S/C13H14N2O5S/c16-12(17)9-1-2-10-11(5-9)20-13(15-10)14-6-8-3-4-21(18,19)7-8/h1-2,5,8H,3-4,6-7H2,(H,14,15)(H,16,17). The molecule has 2 aromatic rings. The lowest BCUT2D eigenvalue weighted by atomic mass is 10.1. The fourth-order valence-corrected chi connectivity index (χ4v) is 4.26. The summed E-state index contributed by atoms with van der Waals surface area (Å²) < 4.78 is 28.2. The molecule has 2 heterocycles. The molecule has 0 aliphatic carbocycles. The molecule has 0 bridgehead atoms. The van der Waals surface area contributed by atoms with Crippen LogP contribution in [0.4, 0.5) is 6.01 Å². The number of carboxylic acid groups (broad SMARTS) is 1. The molecular formula is C13H14N2O5S. The Morgan fingerprint density at radius 1 is 1.48 bits per heavy atom. The molecule has 1 atom stereocenters. The number of carbonyl (C=O) groups is 1. The Labute approximate surface area is 120 Å². The molecule has 1 fully saturated rings. The third-order valence-electron chi connectivity index (χ3n) is 3.50. The van der Waals surface area contributed by atoms with Crippen molar-refractivity contribution in [1.29, 1.82) is 0 Å². The molecule has 1 aromatic heterocycles. The maximum absolute atomic E-state index is 11.4. The van der Waals surface area contributed by atoms with Crippen LogP contribution >= 0.6 is 0 Å². The maximum Gasteiger partial charge on any atom is 0.335 e. The zero-order chi connectivity index (χ0) is 15.0. The molecule has 21 heavy (non-hydrogen) atoms. The van der Waals surface area contributed by atoms with Crippen molar-refractivity contribution in [1.82, 2.24) is 4.98 Å². The van der Waals surface area contributed by atoms with Crippen LogP contribution in [0.15, 0.2) is 22.6 Å². The second-order valence-electron chi connectivity index (χ2n) is 5.16. The van der Waals surface area contributed by atoms with E-state index in [1.807, 2.05) is 0 Å². The molecule has 1 unspecified atom stereocenters. The number of sulfone groups is 1. The van der Waals surface area contributed by atoms with Gasteiger partial charge >= 0.3 is 5.97 Å². The number of rotatable bonds is 4. The van der Waals surface area contributed by atoms with Crippen molar-refractivity contribution in [2.75, 3.05) is 23.4 Å². The monoisotopic (exact) mass is 310 g/mol. The molecule has 7 nitrogen and oxygen atoms in total. The lowest BCUT2D eigenvalue weighted by molar-refractivity contribution is 0.0697. The molecule has 1 aliphatic heterocycles. The Morgan fingerprint density at radius 3 is 2.95 bits per heavy atom. The number of benzene rings is 1. The third-order valence-corrected chi connectivity index (χ3v) is 5.34. The molecule has 0 radical (unpaired) electrons. The van der Waals surface area contributed by atoms with Crippen molar-refractivity contribution in [2.24, 2.45) is 5.92 Å². The van der Waals surface area contributed by atoms with Crippen LogP contribution in [0.25, 0.3) is 11.1 Å². The predicted molar refractivity (Wildman–Crippen MR) is 76.2 cm³/mol. The van der Waals surface area contributed by atoms with Gasteiger partial charge in [0.05, 0.1) is 17.1 Å². The number of oxazole rings is 1. The zero-order valence-corrected chi connectivity index (χ0v) is 11.9. The summed E-state index contributed by atoms with van der Waals surface area (Å²) in [5, 5.41) is 11.9. The highest BCUT2D eigenvalue weighted by Crippen LogP contribution is 2.22. The van der Waals surface area contributed by atoms with Crippen LogP contribution in [0.5, 0.6) is 0 Å². The van der Waals surface area contributed by atoms with Crippen molar-refractivity contribution < 1.29 is 22.7 Å². The Morgan fingerprint density at radius 2 is 2.29 bits per heavy atom. The van der Waals surface area contributed by atoms with Gasteiger partial charge in [0.1, 0.15) is 5.52 Å². The van der Waals surface area contributed by atoms with E-state index in [4.69, 9.17) is 9.52 Å². The first-order valence-corrected chi connectivity index (χ1v) is 8.33. The molecular weight excluding hydrogens is 296 g/mol. The number of hydrogen-bond donors (Lipinski definition) is 2. The zero-order valence-electron chi connectivity index (χ0n) is 11.1. The Kier molecular flexibility index (Phi) is 3.32. The van der Waals surface area contributed by atoms with Gasteiger partial charge < -0.3 is 14.8 Å². The topological polar surface area (TPSA) is 109 Å². The first-order chi connectivity index (χ1) is 9.93. The maximum atomic E-state index is 11.4. The number of anilines is 1. The van der Waals surface area contributed by atoms with Gasteiger partial charge in [0.25, 0.3) is 6.01 Å². The number of hydrogen-bond acceptors (Lipinski definition) is 6. The number of aromatic carboxylic acids is 1. The summed E-state index contributed by atoms with van der Waals surface area (Å²) in [6.07, 6.45) is 0.638. The Balaban J connectivity index is 1.71. The summed E-state index contributed by atoms with van der Waals surface area (Å²) in [5.41, 5.74) is 1.07. The summed E-state index contributed by atoms with van der Waals surface area (Å²) in [5.74, 6) is -0.559. The van der Waals surface area contributed by atoms with Crippen LogP contribution in [0, 0.1) is 5.92 Å². The van der Waals surface area contributed by atoms with E-state index < -0.39 is 15.8 Å². The summed E-state index contributed by atoms with van der Waals surface area (Å²) in [6, 6.07) is 4.72. The van der Waals surface area contributed by atoms with E-state index in [0.29, 0.717) is 24.1 Å². The van der Waals surface area contributed by atoms with Crippen LogP contribution < -0.4 is 5.32 Å². The fraction of sp³-hybridized carbons (Fsp3) is 0.385. The van der Waals surface area contributed by atoms with Crippen LogP contribution in [0.3, 0.4) is 0 Å². The van der Waals surface area contributed by atoms with Gasteiger partial charge in [0, 0.05) is 6.54 Å². The molecule has 2 N–H and O–H groups in total. The van der Waals surface area contributed by atoms with Crippen LogP contribution in [0.1, 0.15) is 16.8 Å². The summed E-state index contributed by atoms with van der Waals surface area (Å²) in [4.78, 5) is 15.1. The molecule has 0 amide bonds. The molecule has 3 rings (SSSR count). The van der Waals surface area contributed by atoms with Crippen molar-refractivity contribution in [3.63, 3.8) is 0 Å². The minimum Gasteiger partial charge on any atom is -0.478 e. The van der Waals surface area contributed by atoms with Crippen molar-refractivity contribution in [3.05, 3.63) is 23.8 Å². The minimum atomic E-state index is -2.90. The number of carboxylic acids is 1. The second kappa shape index (κ2) is 5.03. The smallest absolute Gasteiger partial charge is 0.335 e. The molecule has 1 aromatic carbocycles. The van der Waals surface area contributed by atoms with E-state index in [9.17, 15) is 13.2 Å². The largest absolute Gasteiger partial charge is 0.478 e. The quantitative estimate of drug-likeness (QED) is 0.877. The highest BCUT2D eigenvalue weighted by molar-refractivity contribution is 7.91. The average Bonchev–Trinajstić information content (AvgIpc) is 2.97. The van der Waals surface area contributed by atoms with Crippen molar-refractivity contribution >= 4 is 32.9 Å². The van der Waals surface area contributed by atoms with E-state index in [1.165, 1.54) is 12.1 Å². The summed E-state index contributed by atoms with van der Waals surface area (Å²) in [7, 11) is -2.90. The van der Waals surface area contributed by atoms with Gasteiger partial charge in [-0.2, -0.15) is 4.98 Å². The average molecular weight is 310 g/mol. The van der Waals surface area contributed by atoms with Crippen LogP contribution in [-0.2, 0) is 9.84 Å². The van der Waals surface area contributed by atoms with Gasteiger partial charge in [0.15, 0.2) is 15.4 Å².